The van der Waals surface area contributed by atoms with Crippen LogP contribution in [0.2, 0.25) is 0 Å². The molecule has 0 amide bonds. The molecule has 0 saturated carbocycles. The molecule has 1 saturated heterocycles. The van der Waals surface area contributed by atoms with Crippen molar-refractivity contribution in [3.63, 3.8) is 0 Å². The van der Waals surface area contributed by atoms with Crippen LogP contribution in [0.5, 0.6) is 0 Å². The number of nitrogens with one attached hydrogen (secondary N) is 1. The van der Waals surface area contributed by atoms with E-state index in [4.69, 9.17) is 4.74 Å². The number of likely N-dealkylation sites (N-methyl/N-ethyl adjacent to an activating group) is 1. The lowest BCUT2D eigenvalue weighted by Crippen LogP contribution is -2.35. The second-order valence-electron chi connectivity index (χ2n) is 5.45. The minimum absolute atomic E-state index is 0.419. The van der Waals surface area contributed by atoms with E-state index in [2.05, 4.69) is 64.4 Å². The quantitative estimate of drug-likeness (QED) is 0.824. The van der Waals surface area contributed by atoms with Crippen LogP contribution in [0, 0.1) is 0 Å². The normalized spacial score (nSPS) is 20.5. The fourth-order valence-corrected chi connectivity index (χ4v) is 3.16. The van der Waals surface area contributed by atoms with Crippen LogP contribution in [0.1, 0.15) is 31.4 Å². The maximum Gasteiger partial charge on any atom is 0.0622 e. The number of nitrogens with zero attached hydrogens (tertiary/aromatic N) is 1. The predicted octanol–water partition coefficient (Wildman–Crippen LogP) is 3.21. The second kappa shape index (κ2) is 8.13. The summed E-state index contributed by atoms with van der Waals surface area (Å²) in [6, 6.07) is 9.62. The van der Waals surface area contributed by atoms with Gasteiger partial charge in [0.1, 0.15) is 0 Å². The number of ether oxygens (including phenoxy) is 1. The molecule has 0 aromatic heterocycles. The average Bonchev–Trinajstić information content (AvgIpc) is 2.97. The molecule has 1 aromatic carbocycles. The van der Waals surface area contributed by atoms with Crippen LogP contribution in [-0.2, 0) is 4.74 Å². The van der Waals surface area contributed by atoms with Crippen LogP contribution in [0.25, 0.3) is 0 Å². The van der Waals surface area contributed by atoms with Crippen molar-refractivity contribution in [1.29, 1.82) is 0 Å². The van der Waals surface area contributed by atoms with Gasteiger partial charge in [0.2, 0.25) is 0 Å². The third-order valence-electron chi connectivity index (χ3n) is 4.00. The van der Waals surface area contributed by atoms with Gasteiger partial charge in [-0.05, 0) is 44.1 Å². The predicted molar refractivity (Wildman–Crippen MR) is 87.0 cm³/mol. The molecule has 0 aliphatic carbocycles. The molecule has 3 nitrogen and oxygen atoms in total. The molecule has 2 rings (SSSR count). The van der Waals surface area contributed by atoms with Crippen molar-refractivity contribution in [1.82, 2.24) is 10.2 Å². The zero-order chi connectivity index (χ0) is 14.4. The number of benzene rings is 1. The highest BCUT2D eigenvalue weighted by atomic mass is 79.9. The van der Waals surface area contributed by atoms with Gasteiger partial charge in [-0.1, -0.05) is 35.0 Å². The Bertz CT molecular complexity index is 407. The Morgan fingerprint density at radius 1 is 1.50 bits per heavy atom. The van der Waals surface area contributed by atoms with Gasteiger partial charge in [0.15, 0.2) is 0 Å². The molecule has 2 atom stereocenters. The highest BCUT2D eigenvalue weighted by Crippen LogP contribution is 2.22. The summed E-state index contributed by atoms with van der Waals surface area (Å²) in [5.74, 6) is 0. The zero-order valence-corrected chi connectivity index (χ0v) is 14.0. The lowest BCUT2D eigenvalue weighted by atomic mass is 10.0. The Kier molecular flexibility index (Phi) is 6.49. The number of rotatable bonds is 7. The number of halogens is 1. The summed E-state index contributed by atoms with van der Waals surface area (Å²) in [4.78, 5) is 2.44. The Morgan fingerprint density at radius 2 is 2.35 bits per heavy atom. The molecule has 1 N–H and O–H groups in total. The van der Waals surface area contributed by atoms with Crippen molar-refractivity contribution in [3.8, 4) is 0 Å². The van der Waals surface area contributed by atoms with Gasteiger partial charge in [0, 0.05) is 29.7 Å². The number of hydrogen-bond acceptors (Lipinski definition) is 3. The standard InChI is InChI=1S/C16H25BrN2O/c1-3-18-16(13-5-4-6-14(17)11-13)7-9-19(2)15-8-10-20-12-15/h4-6,11,15-16,18H,3,7-10,12H2,1-2H3. The summed E-state index contributed by atoms with van der Waals surface area (Å²) in [5, 5.41) is 3.59. The van der Waals surface area contributed by atoms with E-state index in [0.717, 1.165) is 37.2 Å². The SMILES string of the molecule is CCNC(CCN(C)C1CCOC1)c1cccc(Br)c1. The fourth-order valence-electron chi connectivity index (χ4n) is 2.74. The summed E-state index contributed by atoms with van der Waals surface area (Å²) in [6.45, 7) is 6.06. The molecule has 112 valence electrons. The Hall–Kier alpha value is -0.420. The first-order valence-corrected chi connectivity index (χ1v) is 8.27. The van der Waals surface area contributed by atoms with E-state index in [1.165, 1.54) is 12.0 Å². The maximum absolute atomic E-state index is 5.47. The van der Waals surface area contributed by atoms with Gasteiger partial charge in [0.25, 0.3) is 0 Å². The molecule has 1 aliphatic heterocycles. The minimum atomic E-state index is 0.419. The highest BCUT2D eigenvalue weighted by Gasteiger charge is 2.21. The van der Waals surface area contributed by atoms with Crippen molar-refractivity contribution in [2.24, 2.45) is 0 Å². The molecule has 4 heteroatoms. The van der Waals surface area contributed by atoms with E-state index in [9.17, 15) is 0 Å². The molecule has 20 heavy (non-hydrogen) atoms. The van der Waals surface area contributed by atoms with Gasteiger partial charge in [0.05, 0.1) is 6.61 Å². The van der Waals surface area contributed by atoms with Gasteiger partial charge in [-0.3, -0.25) is 0 Å². The molecule has 1 heterocycles. The van der Waals surface area contributed by atoms with Crippen molar-refractivity contribution in [2.75, 3.05) is 33.4 Å². The summed E-state index contributed by atoms with van der Waals surface area (Å²) in [7, 11) is 2.21. The molecular formula is C16H25BrN2O. The average molecular weight is 341 g/mol. The van der Waals surface area contributed by atoms with Gasteiger partial charge >= 0.3 is 0 Å². The lowest BCUT2D eigenvalue weighted by molar-refractivity contribution is 0.156. The van der Waals surface area contributed by atoms with Gasteiger partial charge < -0.3 is 15.0 Å². The van der Waals surface area contributed by atoms with E-state index in [1.54, 1.807) is 0 Å². The Morgan fingerprint density at radius 3 is 3.00 bits per heavy atom. The molecule has 1 fully saturated rings. The van der Waals surface area contributed by atoms with Gasteiger partial charge in [-0.15, -0.1) is 0 Å². The van der Waals surface area contributed by atoms with E-state index < -0.39 is 0 Å². The van der Waals surface area contributed by atoms with E-state index in [0.29, 0.717) is 12.1 Å². The minimum Gasteiger partial charge on any atom is -0.380 e. The van der Waals surface area contributed by atoms with E-state index in [1.807, 2.05) is 0 Å². The fraction of sp³-hybridized carbons (Fsp3) is 0.625. The summed E-state index contributed by atoms with van der Waals surface area (Å²) < 4.78 is 6.62. The van der Waals surface area contributed by atoms with Crippen molar-refractivity contribution in [2.45, 2.75) is 31.8 Å². The maximum atomic E-state index is 5.47. The van der Waals surface area contributed by atoms with Crippen LogP contribution in [0.3, 0.4) is 0 Å². The van der Waals surface area contributed by atoms with Gasteiger partial charge in [-0.25, -0.2) is 0 Å². The Labute approximate surface area is 130 Å². The molecular weight excluding hydrogens is 316 g/mol. The van der Waals surface area contributed by atoms with Crippen molar-refractivity contribution < 1.29 is 4.74 Å². The largest absolute Gasteiger partial charge is 0.380 e. The van der Waals surface area contributed by atoms with Crippen LogP contribution in [0.4, 0.5) is 0 Å². The third-order valence-corrected chi connectivity index (χ3v) is 4.49. The molecule has 0 spiro atoms. The molecule has 2 unspecified atom stereocenters. The molecule has 1 aromatic rings. The smallest absolute Gasteiger partial charge is 0.0622 e. The first-order valence-electron chi connectivity index (χ1n) is 7.47. The van der Waals surface area contributed by atoms with E-state index >= 15 is 0 Å². The lowest BCUT2D eigenvalue weighted by Gasteiger charge is -2.26. The van der Waals surface area contributed by atoms with Crippen molar-refractivity contribution in [3.05, 3.63) is 34.3 Å². The third kappa shape index (κ3) is 4.55. The Balaban J connectivity index is 1.91. The summed E-state index contributed by atoms with van der Waals surface area (Å²) >= 11 is 3.56. The van der Waals surface area contributed by atoms with Gasteiger partial charge in [-0.2, -0.15) is 0 Å². The first-order chi connectivity index (χ1) is 9.70. The molecule has 0 bridgehead atoms. The second-order valence-corrected chi connectivity index (χ2v) is 6.37. The first kappa shape index (κ1) is 16.0. The zero-order valence-electron chi connectivity index (χ0n) is 12.4. The monoisotopic (exact) mass is 340 g/mol. The summed E-state index contributed by atoms with van der Waals surface area (Å²) in [6.07, 6.45) is 2.29. The van der Waals surface area contributed by atoms with Crippen LogP contribution < -0.4 is 5.32 Å². The van der Waals surface area contributed by atoms with Crippen molar-refractivity contribution >= 4 is 15.9 Å². The van der Waals surface area contributed by atoms with Crippen LogP contribution >= 0.6 is 15.9 Å². The molecule has 1 aliphatic rings. The number of hydrogen-bond donors (Lipinski definition) is 1. The van der Waals surface area contributed by atoms with E-state index in [-0.39, 0.29) is 0 Å². The molecule has 0 radical (unpaired) electrons. The highest BCUT2D eigenvalue weighted by molar-refractivity contribution is 9.10. The summed E-state index contributed by atoms with van der Waals surface area (Å²) in [5.41, 5.74) is 1.36. The van der Waals surface area contributed by atoms with Crippen LogP contribution in [-0.4, -0.2) is 44.3 Å². The van der Waals surface area contributed by atoms with Crippen LogP contribution in [0.15, 0.2) is 28.7 Å². The topological polar surface area (TPSA) is 24.5 Å².